The van der Waals surface area contributed by atoms with Crippen LogP contribution in [0.2, 0.25) is 0 Å². The van der Waals surface area contributed by atoms with Crippen LogP contribution in [0, 0.1) is 5.82 Å². The van der Waals surface area contributed by atoms with Crippen molar-refractivity contribution in [1.82, 2.24) is 9.88 Å². The molecule has 8 nitrogen and oxygen atoms in total. The number of methoxy groups -OCH3 is 1. The number of hydrogen-bond donors (Lipinski definition) is 1. The van der Waals surface area contributed by atoms with Crippen LogP contribution in [0.4, 0.5) is 10.1 Å². The number of anilines is 1. The number of allylic oxidation sites excluding steroid dienone is 1. The maximum absolute atomic E-state index is 13.3. The molecule has 2 heterocycles. The SMILES string of the molecule is COC(=O)C1=C(C)N(Cc2cccnc2)C(=O)/C1=C\c1ccc(OCC(=O)Nc2ccc(F)cc2)cc1. The molecule has 3 aromatic rings. The Labute approximate surface area is 213 Å². The minimum absolute atomic E-state index is 0.203. The van der Waals surface area contributed by atoms with E-state index in [9.17, 15) is 18.8 Å². The van der Waals surface area contributed by atoms with Gasteiger partial charge in [-0.05, 0) is 66.6 Å². The molecule has 0 unspecified atom stereocenters. The number of aromatic nitrogens is 1. The van der Waals surface area contributed by atoms with Crippen molar-refractivity contribution in [3.8, 4) is 5.75 Å². The molecule has 37 heavy (non-hydrogen) atoms. The van der Waals surface area contributed by atoms with Crippen LogP contribution in [0.5, 0.6) is 5.75 Å². The van der Waals surface area contributed by atoms with Crippen molar-refractivity contribution < 1.29 is 28.2 Å². The highest BCUT2D eigenvalue weighted by molar-refractivity contribution is 6.16. The van der Waals surface area contributed by atoms with Crippen LogP contribution in [0.3, 0.4) is 0 Å². The number of rotatable bonds is 8. The second-order valence-electron chi connectivity index (χ2n) is 8.18. The van der Waals surface area contributed by atoms with Crippen LogP contribution in [0.15, 0.2) is 89.9 Å². The summed E-state index contributed by atoms with van der Waals surface area (Å²) in [5, 5.41) is 2.62. The quantitative estimate of drug-likeness (QED) is 0.369. The van der Waals surface area contributed by atoms with E-state index < -0.39 is 17.7 Å². The Balaban J connectivity index is 1.46. The first kappa shape index (κ1) is 25.3. The number of pyridine rings is 1. The number of esters is 1. The summed E-state index contributed by atoms with van der Waals surface area (Å²) in [5.41, 5.74) is 2.86. The summed E-state index contributed by atoms with van der Waals surface area (Å²) in [7, 11) is 1.27. The van der Waals surface area contributed by atoms with Crippen LogP contribution in [0.1, 0.15) is 18.1 Å². The molecule has 0 radical (unpaired) electrons. The third-order valence-corrected chi connectivity index (χ3v) is 5.65. The molecule has 0 atom stereocenters. The number of halogens is 1. The molecule has 9 heteroatoms. The number of benzene rings is 2. The lowest BCUT2D eigenvalue weighted by Gasteiger charge is -2.17. The maximum atomic E-state index is 13.3. The topological polar surface area (TPSA) is 97.8 Å². The van der Waals surface area contributed by atoms with Crippen LogP contribution < -0.4 is 10.1 Å². The van der Waals surface area contributed by atoms with Crippen molar-refractivity contribution in [2.75, 3.05) is 19.0 Å². The number of carbonyl (C=O) groups excluding carboxylic acids is 3. The van der Waals surface area contributed by atoms with E-state index in [4.69, 9.17) is 9.47 Å². The van der Waals surface area contributed by atoms with Crippen LogP contribution in [-0.2, 0) is 25.7 Å². The fraction of sp³-hybridized carbons (Fsp3) is 0.143. The fourth-order valence-corrected chi connectivity index (χ4v) is 3.80. The second kappa shape index (κ2) is 11.3. The summed E-state index contributed by atoms with van der Waals surface area (Å²) in [4.78, 5) is 43.5. The van der Waals surface area contributed by atoms with E-state index in [2.05, 4.69) is 10.3 Å². The molecule has 0 aliphatic carbocycles. The molecule has 188 valence electrons. The van der Waals surface area contributed by atoms with Gasteiger partial charge in [0.05, 0.1) is 24.8 Å². The van der Waals surface area contributed by atoms with E-state index in [0.717, 1.165) is 5.56 Å². The molecule has 2 amide bonds. The molecule has 0 spiro atoms. The van der Waals surface area contributed by atoms with Crippen molar-refractivity contribution in [2.45, 2.75) is 13.5 Å². The zero-order valence-corrected chi connectivity index (χ0v) is 20.2. The summed E-state index contributed by atoms with van der Waals surface area (Å²) < 4.78 is 23.4. The van der Waals surface area contributed by atoms with Gasteiger partial charge in [0.1, 0.15) is 11.6 Å². The van der Waals surface area contributed by atoms with Crippen molar-refractivity contribution in [3.63, 3.8) is 0 Å². The first-order chi connectivity index (χ1) is 17.9. The first-order valence-electron chi connectivity index (χ1n) is 11.4. The van der Waals surface area contributed by atoms with Gasteiger partial charge in [-0.3, -0.25) is 14.6 Å². The molecule has 0 bridgehead atoms. The summed E-state index contributed by atoms with van der Waals surface area (Å²) in [5.74, 6) is -1.27. The lowest BCUT2D eigenvalue weighted by molar-refractivity contribution is -0.136. The van der Waals surface area contributed by atoms with Gasteiger partial charge in [0.25, 0.3) is 11.8 Å². The summed E-state index contributed by atoms with van der Waals surface area (Å²) in [6.07, 6.45) is 4.93. The predicted octanol–water partition coefficient (Wildman–Crippen LogP) is 4.11. The van der Waals surface area contributed by atoms with Crippen LogP contribution in [-0.4, -0.2) is 41.4 Å². The molecule has 0 saturated heterocycles. The molecule has 0 saturated carbocycles. The third-order valence-electron chi connectivity index (χ3n) is 5.65. The summed E-state index contributed by atoms with van der Waals surface area (Å²) in [6.45, 7) is 1.73. The highest BCUT2D eigenvalue weighted by Crippen LogP contribution is 2.33. The van der Waals surface area contributed by atoms with E-state index in [1.165, 1.54) is 36.3 Å². The standard InChI is InChI=1S/C28H24FN3O5/c1-18-26(28(35)36-2)24(27(34)32(18)16-20-4-3-13-30-15-20)14-19-5-11-23(12-6-19)37-17-25(33)31-22-9-7-21(29)8-10-22/h3-15H,16-17H2,1-2H3,(H,31,33)/b24-14-. The van der Waals surface area contributed by atoms with Crippen molar-refractivity contribution >= 4 is 29.5 Å². The van der Waals surface area contributed by atoms with Gasteiger partial charge in [-0.2, -0.15) is 0 Å². The van der Waals surface area contributed by atoms with Crippen molar-refractivity contribution in [1.29, 1.82) is 0 Å². The van der Waals surface area contributed by atoms with Gasteiger partial charge in [-0.25, -0.2) is 9.18 Å². The third kappa shape index (κ3) is 6.07. The predicted molar refractivity (Wildman–Crippen MR) is 134 cm³/mol. The molecule has 2 aromatic carbocycles. The Bertz CT molecular complexity index is 1370. The van der Waals surface area contributed by atoms with Crippen LogP contribution >= 0.6 is 0 Å². The number of ether oxygens (including phenoxy) is 2. The Morgan fingerprint density at radius 3 is 2.46 bits per heavy atom. The normalized spacial score (nSPS) is 14.2. The molecular formula is C28H24FN3O5. The monoisotopic (exact) mass is 501 g/mol. The number of carbonyl (C=O) groups is 3. The molecule has 1 N–H and O–H groups in total. The first-order valence-corrected chi connectivity index (χ1v) is 11.4. The maximum Gasteiger partial charge on any atom is 0.340 e. The van der Waals surface area contributed by atoms with E-state index in [-0.39, 0.29) is 30.2 Å². The van der Waals surface area contributed by atoms with E-state index >= 15 is 0 Å². The smallest absolute Gasteiger partial charge is 0.340 e. The Hall–Kier alpha value is -4.79. The van der Waals surface area contributed by atoms with Gasteiger partial charge < -0.3 is 19.7 Å². The van der Waals surface area contributed by atoms with Gasteiger partial charge in [0.15, 0.2) is 6.61 Å². The average molecular weight is 502 g/mol. The minimum Gasteiger partial charge on any atom is -0.484 e. The number of amides is 2. The molecular weight excluding hydrogens is 477 g/mol. The summed E-state index contributed by atoms with van der Waals surface area (Å²) >= 11 is 0. The number of hydrogen-bond acceptors (Lipinski definition) is 6. The molecule has 1 aliphatic rings. The highest BCUT2D eigenvalue weighted by atomic mass is 19.1. The van der Waals surface area contributed by atoms with Gasteiger partial charge >= 0.3 is 5.97 Å². The van der Waals surface area contributed by atoms with Gasteiger partial charge in [-0.15, -0.1) is 0 Å². The average Bonchev–Trinajstić information content (AvgIpc) is 3.14. The summed E-state index contributed by atoms with van der Waals surface area (Å²) in [6, 6.07) is 15.8. The molecule has 4 rings (SSSR count). The Morgan fingerprint density at radius 2 is 1.81 bits per heavy atom. The Morgan fingerprint density at radius 1 is 1.08 bits per heavy atom. The lowest BCUT2D eigenvalue weighted by Crippen LogP contribution is -2.24. The highest BCUT2D eigenvalue weighted by Gasteiger charge is 2.37. The molecule has 0 fully saturated rings. The van der Waals surface area contributed by atoms with Crippen LogP contribution in [0.25, 0.3) is 6.08 Å². The van der Waals surface area contributed by atoms with Crippen molar-refractivity contribution in [2.24, 2.45) is 0 Å². The van der Waals surface area contributed by atoms with Gasteiger partial charge in [-0.1, -0.05) is 18.2 Å². The largest absolute Gasteiger partial charge is 0.484 e. The minimum atomic E-state index is -0.599. The zero-order valence-electron chi connectivity index (χ0n) is 20.2. The zero-order chi connectivity index (χ0) is 26.4. The number of nitrogens with zero attached hydrogens (tertiary/aromatic N) is 2. The van der Waals surface area contributed by atoms with Gasteiger partial charge in [0.2, 0.25) is 0 Å². The lowest BCUT2D eigenvalue weighted by atomic mass is 10.0. The van der Waals surface area contributed by atoms with Gasteiger partial charge in [0, 0.05) is 23.8 Å². The fourth-order valence-electron chi connectivity index (χ4n) is 3.80. The Kier molecular flexibility index (Phi) is 7.73. The number of nitrogens with one attached hydrogen (secondary N) is 1. The van der Waals surface area contributed by atoms with E-state index in [1.54, 1.807) is 55.7 Å². The molecule has 1 aromatic heterocycles. The second-order valence-corrected chi connectivity index (χ2v) is 8.18. The van der Waals surface area contributed by atoms with Crippen molar-refractivity contribution in [3.05, 3.63) is 107 Å². The van der Waals surface area contributed by atoms with E-state index in [1.807, 2.05) is 6.07 Å². The molecule has 1 aliphatic heterocycles. The van der Waals surface area contributed by atoms with E-state index in [0.29, 0.717) is 22.7 Å².